The molecule has 0 saturated carbocycles. The standard InChI is InChI=1S/C7H10N4O5/c12-4(13)3-16-2-1-8-5-6(14)9-7(15)11-10-5/h1-3H2,(H,8,10)(H,12,13)(H2,9,11,14,15). The zero-order valence-corrected chi connectivity index (χ0v) is 8.15. The molecule has 0 aliphatic heterocycles. The molecule has 0 spiro atoms. The van der Waals surface area contributed by atoms with Crippen LogP contribution < -0.4 is 16.6 Å². The number of aliphatic carboxylic acids is 1. The molecule has 0 amide bonds. The van der Waals surface area contributed by atoms with E-state index in [9.17, 15) is 14.4 Å². The summed E-state index contributed by atoms with van der Waals surface area (Å²) < 4.78 is 4.71. The Morgan fingerprint density at radius 1 is 1.50 bits per heavy atom. The molecule has 1 aromatic heterocycles. The fraction of sp³-hybridized carbons (Fsp3) is 0.429. The van der Waals surface area contributed by atoms with Crippen LogP contribution in [0.2, 0.25) is 0 Å². The van der Waals surface area contributed by atoms with E-state index in [2.05, 4.69) is 10.4 Å². The molecule has 4 N–H and O–H groups in total. The van der Waals surface area contributed by atoms with Crippen molar-refractivity contribution in [3.63, 3.8) is 0 Å². The minimum atomic E-state index is -1.07. The summed E-state index contributed by atoms with van der Waals surface area (Å²) in [4.78, 5) is 33.7. The van der Waals surface area contributed by atoms with Crippen LogP contribution in [-0.4, -0.2) is 46.0 Å². The number of nitrogens with zero attached hydrogens (tertiary/aromatic N) is 1. The zero-order chi connectivity index (χ0) is 12.0. The molecule has 0 fully saturated rings. The number of aromatic amines is 2. The lowest BCUT2D eigenvalue weighted by Crippen LogP contribution is -2.28. The Morgan fingerprint density at radius 2 is 2.25 bits per heavy atom. The maximum Gasteiger partial charge on any atom is 0.342 e. The summed E-state index contributed by atoms with van der Waals surface area (Å²) >= 11 is 0. The number of nitrogens with one attached hydrogen (secondary N) is 3. The minimum Gasteiger partial charge on any atom is -0.480 e. The first kappa shape index (κ1) is 11.9. The average Bonchev–Trinajstić information content (AvgIpc) is 2.20. The number of anilines is 1. The molecule has 9 nitrogen and oxygen atoms in total. The van der Waals surface area contributed by atoms with Gasteiger partial charge in [0, 0.05) is 6.54 Å². The summed E-state index contributed by atoms with van der Waals surface area (Å²) in [5.41, 5.74) is -1.35. The Labute approximate surface area is 88.5 Å². The summed E-state index contributed by atoms with van der Waals surface area (Å²) in [5, 5.41) is 16.3. The maximum absolute atomic E-state index is 11.1. The van der Waals surface area contributed by atoms with Crippen molar-refractivity contribution >= 4 is 11.8 Å². The molecule has 1 aromatic rings. The Kier molecular flexibility index (Phi) is 4.21. The molecule has 1 rings (SSSR count). The fourth-order valence-corrected chi connectivity index (χ4v) is 0.869. The van der Waals surface area contributed by atoms with Crippen LogP contribution in [0.4, 0.5) is 5.82 Å². The maximum atomic E-state index is 11.1. The second-order valence-electron chi connectivity index (χ2n) is 2.73. The summed E-state index contributed by atoms with van der Waals surface area (Å²) in [7, 11) is 0. The Balaban J connectivity index is 2.35. The SMILES string of the molecule is O=C(O)COCCNc1n[nH]c(=O)[nH]c1=O. The number of aromatic nitrogens is 3. The normalized spacial score (nSPS) is 10.0. The van der Waals surface area contributed by atoms with E-state index in [-0.39, 0.29) is 19.0 Å². The molecule has 0 radical (unpaired) electrons. The minimum absolute atomic E-state index is 0.0569. The number of ether oxygens (including phenoxy) is 1. The zero-order valence-electron chi connectivity index (χ0n) is 8.15. The second kappa shape index (κ2) is 5.66. The van der Waals surface area contributed by atoms with Gasteiger partial charge in [-0.3, -0.25) is 9.78 Å². The molecule has 0 aromatic carbocycles. The van der Waals surface area contributed by atoms with Crippen LogP contribution in [-0.2, 0) is 9.53 Å². The van der Waals surface area contributed by atoms with Crippen molar-refractivity contribution in [2.24, 2.45) is 0 Å². The van der Waals surface area contributed by atoms with E-state index in [1.807, 2.05) is 10.1 Å². The van der Waals surface area contributed by atoms with Crippen molar-refractivity contribution in [2.75, 3.05) is 25.1 Å². The van der Waals surface area contributed by atoms with E-state index in [4.69, 9.17) is 9.84 Å². The van der Waals surface area contributed by atoms with Crippen molar-refractivity contribution in [1.82, 2.24) is 15.2 Å². The summed E-state index contributed by atoms with van der Waals surface area (Å²) in [6, 6.07) is 0. The van der Waals surface area contributed by atoms with E-state index < -0.39 is 23.8 Å². The molecule has 0 saturated heterocycles. The highest BCUT2D eigenvalue weighted by molar-refractivity contribution is 5.67. The Bertz CT molecular complexity index is 464. The van der Waals surface area contributed by atoms with Gasteiger partial charge in [0.2, 0.25) is 5.82 Å². The molecule has 0 aliphatic rings. The average molecular weight is 230 g/mol. The van der Waals surface area contributed by atoms with Crippen molar-refractivity contribution in [3.05, 3.63) is 20.8 Å². The smallest absolute Gasteiger partial charge is 0.342 e. The van der Waals surface area contributed by atoms with Gasteiger partial charge in [0.05, 0.1) is 6.61 Å². The van der Waals surface area contributed by atoms with E-state index in [1.165, 1.54) is 0 Å². The molecule has 0 unspecified atom stereocenters. The molecule has 1 heterocycles. The number of rotatable bonds is 6. The van der Waals surface area contributed by atoms with E-state index >= 15 is 0 Å². The van der Waals surface area contributed by atoms with Gasteiger partial charge in [0.15, 0.2) is 0 Å². The first-order valence-corrected chi connectivity index (χ1v) is 4.32. The highest BCUT2D eigenvalue weighted by atomic mass is 16.5. The van der Waals surface area contributed by atoms with Gasteiger partial charge in [-0.05, 0) is 0 Å². The van der Waals surface area contributed by atoms with Gasteiger partial charge in [-0.15, -0.1) is 5.10 Å². The third-order valence-corrected chi connectivity index (χ3v) is 1.48. The molecule has 16 heavy (non-hydrogen) atoms. The predicted molar refractivity (Wildman–Crippen MR) is 52.4 cm³/mol. The van der Waals surface area contributed by atoms with Crippen molar-refractivity contribution in [3.8, 4) is 0 Å². The number of carboxylic acid groups (broad SMARTS) is 1. The lowest BCUT2D eigenvalue weighted by Gasteiger charge is -2.03. The second-order valence-corrected chi connectivity index (χ2v) is 2.73. The molecule has 9 heteroatoms. The molecule has 88 valence electrons. The van der Waals surface area contributed by atoms with Gasteiger partial charge in [0.1, 0.15) is 6.61 Å². The van der Waals surface area contributed by atoms with Crippen LogP contribution in [0, 0.1) is 0 Å². The Hall–Kier alpha value is -2.16. The summed E-state index contributed by atoms with van der Waals surface area (Å²) in [6.45, 7) is -0.0982. The van der Waals surface area contributed by atoms with Crippen molar-refractivity contribution < 1.29 is 14.6 Å². The molecule has 0 bridgehead atoms. The van der Waals surface area contributed by atoms with E-state index in [0.717, 1.165) is 0 Å². The van der Waals surface area contributed by atoms with Gasteiger partial charge in [0.25, 0.3) is 5.56 Å². The third-order valence-electron chi connectivity index (χ3n) is 1.48. The topological polar surface area (TPSA) is 137 Å². The molecular weight excluding hydrogens is 220 g/mol. The largest absolute Gasteiger partial charge is 0.480 e. The first-order chi connectivity index (χ1) is 7.59. The van der Waals surface area contributed by atoms with Crippen LogP contribution in [0.5, 0.6) is 0 Å². The highest BCUT2D eigenvalue weighted by Gasteiger charge is 2.01. The van der Waals surface area contributed by atoms with Crippen molar-refractivity contribution in [1.29, 1.82) is 0 Å². The van der Waals surface area contributed by atoms with Gasteiger partial charge in [-0.2, -0.15) is 0 Å². The van der Waals surface area contributed by atoms with E-state index in [1.54, 1.807) is 0 Å². The quantitative estimate of drug-likeness (QED) is 0.413. The number of hydrogen-bond donors (Lipinski definition) is 4. The fourth-order valence-electron chi connectivity index (χ4n) is 0.869. The number of carbonyl (C=O) groups is 1. The van der Waals surface area contributed by atoms with E-state index in [0.29, 0.717) is 0 Å². The molecular formula is C7H10N4O5. The number of carboxylic acids is 1. The third kappa shape index (κ3) is 3.92. The monoisotopic (exact) mass is 230 g/mol. The Morgan fingerprint density at radius 3 is 2.88 bits per heavy atom. The lowest BCUT2D eigenvalue weighted by molar-refractivity contribution is -0.142. The van der Waals surface area contributed by atoms with Gasteiger partial charge in [-0.1, -0.05) is 0 Å². The van der Waals surface area contributed by atoms with Crippen LogP contribution in [0.25, 0.3) is 0 Å². The molecule has 0 aliphatic carbocycles. The molecule has 0 atom stereocenters. The van der Waals surface area contributed by atoms with Crippen LogP contribution in [0.3, 0.4) is 0 Å². The lowest BCUT2D eigenvalue weighted by atomic mass is 10.6. The number of H-pyrrole nitrogens is 2. The van der Waals surface area contributed by atoms with Gasteiger partial charge >= 0.3 is 11.7 Å². The first-order valence-electron chi connectivity index (χ1n) is 4.32. The summed E-state index contributed by atoms with van der Waals surface area (Å²) in [6.07, 6.45) is 0. The van der Waals surface area contributed by atoms with Gasteiger partial charge in [-0.25, -0.2) is 14.7 Å². The van der Waals surface area contributed by atoms with Crippen LogP contribution in [0.1, 0.15) is 0 Å². The number of hydrogen-bond acceptors (Lipinski definition) is 6. The highest BCUT2D eigenvalue weighted by Crippen LogP contribution is 1.85. The van der Waals surface area contributed by atoms with Crippen molar-refractivity contribution in [2.45, 2.75) is 0 Å². The van der Waals surface area contributed by atoms with Crippen LogP contribution >= 0.6 is 0 Å². The summed E-state index contributed by atoms with van der Waals surface area (Å²) in [5.74, 6) is -1.13. The van der Waals surface area contributed by atoms with Gasteiger partial charge < -0.3 is 15.2 Å². The van der Waals surface area contributed by atoms with Crippen LogP contribution in [0.15, 0.2) is 9.59 Å². The predicted octanol–water partition coefficient (Wildman–Crippen LogP) is -2.03.